The van der Waals surface area contributed by atoms with E-state index in [1.165, 1.54) is 12.4 Å². The zero-order valence-corrected chi connectivity index (χ0v) is 11.0. The Morgan fingerprint density at radius 1 is 1.35 bits per heavy atom. The molecule has 88 valence electrons. The van der Waals surface area contributed by atoms with Gasteiger partial charge in [-0.3, -0.25) is 4.79 Å². The normalized spacial score (nSPS) is 10.3. The lowest BCUT2D eigenvalue weighted by atomic mass is 10.4. The van der Waals surface area contributed by atoms with Gasteiger partial charge in [-0.25, -0.2) is 9.97 Å². The fourth-order valence-corrected chi connectivity index (χ4v) is 1.60. The second kappa shape index (κ2) is 4.67. The van der Waals surface area contributed by atoms with E-state index >= 15 is 0 Å². The minimum Gasteiger partial charge on any atom is -0.344 e. The first-order valence-corrected chi connectivity index (χ1v) is 5.78. The van der Waals surface area contributed by atoms with E-state index in [0.29, 0.717) is 16.1 Å². The first-order valence-electron chi connectivity index (χ1n) is 4.99. The molecule has 0 saturated heterocycles. The minimum absolute atomic E-state index is 0.197. The molecule has 0 radical (unpaired) electrons. The van der Waals surface area contributed by atoms with Crippen LogP contribution in [-0.2, 0) is 7.05 Å². The van der Waals surface area contributed by atoms with Crippen LogP contribution in [0, 0.1) is 6.92 Å². The summed E-state index contributed by atoms with van der Waals surface area (Å²) in [5.74, 6) is 0.231. The lowest BCUT2D eigenvalue weighted by Crippen LogP contribution is -2.16. The quantitative estimate of drug-likeness (QED) is 0.923. The van der Waals surface area contributed by atoms with Crippen LogP contribution in [0.4, 0.5) is 5.82 Å². The van der Waals surface area contributed by atoms with Gasteiger partial charge in [0.05, 0.1) is 12.4 Å². The molecular formula is C11H11BrN4O. The minimum atomic E-state index is -0.197. The van der Waals surface area contributed by atoms with Crippen molar-refractivity contribution in [3.63, 3.8) is 0 Å². The maximum absolute atomic E-state index is 11.9. The Bertz CT molecular complexity index is 547. The summed E-state index contributed by atoms with van der Waals surface area (Å²) in [7, 11) is 1.84. The van der Waals surface area contributed by atoms with E-state index in [1.54, 1.807) is 6.07 Å². The largest absolute Gasteiger partial charge is 0.344 e. The van der Waals surface area contributed by atoms with Gasteiger partial charge in [-0.1, -0.05) is 0 Å². The van der Waals surface area contributed by atoms with Crippen LogP contribution >= 0.6 is 15.9 Å². The van der Waals surface area contributed by atoms with Crippen LogP contribution in [0.3, 0.4) is 0 Å². The number of rotatable bonds is 2. The molecule has 0 aromatic carbocycles. The van der Waals surface area contributed by atoms with E-state index in [9.17, 15) is 4.79 Å². The Labute approximate surface area is 107 Å². The predicted molar refractivity (Wildman–Crippen MR) is 67.8 cm³/mol. The van der Waals surface area contributed by atoms with E-state index in [-0.39, 0.29) is 5.91 Å². The Balaban J connectivity index is 2.17. The third-order valence-corrected chi connectivity index (χ3v) is 2.88. The van der Waals surface area contributed by atoms with Gasteiger partial charge >= 0.3 is 0 Å². The van der Waals surface area contributed by atoms with Crippen LogP contribution in [0.15, 0.2) is 29.1 Å². The summed E-state index contributed by atoms with van der Waals surface area (Å²) in [6, 6.07) is 3.67. The monoisotopic (exact) mass is 294 g/mol. The molecule has 0 aliphatic carbocycles. The van der Waals surface area contributed by atoms with Crippen LogP contribution in [-0.4, -0.2) is 20.4 Å². The standard InChI is InChI=1S/C11H11BrN4O/c1-7-3-4-8(16(7)2)11(17)15-10-6-13-9(12)5-14-10/h3-6H,1-2H3,(H,14,15,17). The smallest absolute Gasteiger partial charge is 0.273 e. The third-order valence-electron chi connectivity index (χ3n) is 2.47. The van der Waals surface area contributed by atoms with Crippen molar-refractivity contribution in [2.75, 3.05) is 5.32 Å². The van der Waals surface area contributed by atoms with Gasteiger partial charge in [0.2, 0.25) is 0 Å². The Kier molecular flexibility index (Phi) is 3.23. The predicted octanol–water partition coefficient (Wildman–Crippen LogP) is 2.14. The molecule has 2 heterocycles. The molecule has 17 heavy (non-hydrogen) atoms. The number of hydrogen-bond acceptors (Lipinski definition) is 3. The molecule has 1 N–H and O–H groups in total. The maximum Gasteiger partial charge on any atom is 0.273 e. The summed E-state index contributed by atoms with van der Waals surface area (Å²) < 4.78 is 2.45. The van der Waals surface area contributed by atoms with Crippen molar-refractivity contribution >= 4 is 27.7 Å². The summed E-state index contributed by atoms with van der Waals surface area (Å²) in [5.41, 5.74) is 1.62. The average molecular weight is 295 g/mol. The summed E-state index contributed by atoms with van der Waals surface area (Å²) in [6.07, 6.45) is 3.03. The Morgan fingerprint density at radius 2 is 2.12 bits per heavy atom. The molecule has 0 spiro atoms. The zero-order chi connectivity index (χ0) is 12.4. The van der Waals surface area contributed by atoms with Gasteiger partial charge in [-0.2, -0.15) is 0 Å². The first kappa shape index (κ1) is 11.8. The third kappa shape index (κ3) is 2.52. The number of hydrogen-bond donors (Lipinski definition) is 1. The van der Waals surface area contributed by atoms with Gasteiger partial charge < -0.3 is 9.88 Å². The van der Waals surface area contributed by atoms with Crippen LogP contribution in [0.2, 0.25) is 0 Å². The maximum atomic E-state index is 11.9. The van der Waals surface area contributed by atoms with E-state index in [2.05, 4.69) is 31.2 Å². The van der Waals surface area contributed by atoms with Crippen LogP contribution < -0.4 is 5.32 Å². The van der Waals surface area contributed by atoms with E-state index in [0.717, 1.165) is 5.69 Å². The molecule has 0 bridgehead atoms. The average Bonchev–Trinajstić information content (AvgIpc) is 2.63. The molecule has 0 unspecified atom stereocenters. The lowest BCUT2D eigenvalue weighted by Gasteiger charge is -2.06. The van der Waals surface area contributed by atoms with Crippen molar-refractivity contribution in [1.82, 2.24) is 14.5 Å². The van der Waals surface area contributed by atoms with Crippen molar-refractivity contribution in [3.05, 3.63) is 40.5 Å². The van der Waals surface area contributed by atoms with Crippen molar-refractivity contribution in [2.24, 2.45) is 7.05 Å². The molecule has 2 aromatic rings. The number of nitrogens with zero attached hydrogens (tertiary/aromatic N) is 3. The SMILES string of the molecule is Cc1ccc(C(=O)Nc2cnc(Br)cn2)n1C. The highest BCUT2D eigenvalue weighted by Crippen LogP contribution is 2.10. The number of aryl methyl sites for hydroxylation is 1. The van der Waals surface area contributed by atoms with Crippen molar-refractivity contribution in [1.29, 1.82) is 0 Å². The molecule has 0 saturated carbocycles. The van der Waals surface area contributed by atoms with Gasteiger partial charge in [0.25, 0.3) is 5.91 Å². The van der Waals surface area contributed by atoms with Crippen LogP contribution in [0.5, 0.6) is 0 Å². The second-order valence-electron chi connectivity index (χ2n) is 3.60. The molecule has 2 aromatic heterocycles. The molecule has 6 heteroatoms. The van der Waals surface area contributed by atoms with Gasteiger partial charge in [0.15, 0.2) is 5.82 Å². The van der Waals surface area contributed by atoms with E-state index in [1.807, 2.05) is 24.6 Å². The number of anilines is 1. The van der Waals surface area contributed by atoms with Gasteiger partial charge in [-0.15, -0.1) is 0 Å². The number of halogens is 1. The highest BCUT2D eigenvalue weighted by atomic mass is 79.9. The molecular weight excluding hydrogens is 284 g/mol. The van der Waals surface area contributed by atoms with Gasteiger partial charge in [0, 0.05) is 12.7 Å². The van der Waals surface area contributed by atoms with Crippen molar-refractivity contribution < 1.29 is 4.79 Å². The summed E-state index contributed by atoms with van der Waals surface area (Å²) in [6.45, 7) is 1.94. The molecule has 0 atom stereocenters. The van der Waals surface area contributed by atoms with Crippen molar-refractivity contribution in [2.45, 2.75) is 6.92 Å². The van der Waals surface area contributed by atoms with Gasteiger partial charge in [0.1, 0.15) is 10.3 Å². The van der Waals surface area contributed by atoms with Crippen LogP contribution in [0.25, 0.3) is 0 Å². The van der Waals surface area contributed by atoms with Crippen LogP contribution in [0.1, 0.15) is 16.2 Å². The van der Waals surface area contributed by atoms with Gasteiger partial charge in [-0.05, 0) is 35.0 Å². The topological polar surface area (TPSA) is 59.8 Å². The summed E-state index contributed by atoms with van der Waals surface area (Å²) >= 11 is 3.18. The highest BCUT2D eigenvalue weighted by molar-refractivity contribution is 9.10. The molecule has 2 rings (SSSR count). The molecule has 0 aliphatic rings. The zero-order valence-electron chi connectivity index (χ0n) is 9.44. The van der Waals surface area contributed by atoms with E-state index in [4.69, 9.17) is 0 Å². The number of nitrogens with one attached hydrogen (secondary N) is 1. The molecule has 1 amide bonds. The molecule has 5 nitrogen and oxygen atoms in total. The molecule has 0 aliphatic heterocycles. The Hall–Kier alpha value is -1.69. The van der Waals surface area contributed by atoms with Crippen molar-refractivity contribution in [3.8, 4) is 0 Å². The highest BCUT2D eigenvalue weighted by Gasteiger charge is 2.11. The Morgan fingerprint density at radius 3 is 2.65 bits per heavy atom. The number of carbonyl (C=O) groups excluding carboxylic acids is 1. The number of carbonyl (C=O) groups is 1. The lowest BCUT2D eigenvalue weighted by molar-refractivity contribution is 0.101. The summed E-state index contributed by atoms with van der Waals surface area (Å²) in [5, 5.41) is 2.69. The number of aromatic nitrogens is 3. The molecule has 0 fully saturated rings. The fourth-order valence-electron chi connectivity index (χ4n) is 1.40. The second-order valence-corrected chi connectivity index (χ2v) is 4.41. The fraction of sp³-hybridized carbons (Fsp3) is 0.182. The summed E-state index contributed by atoms with van der Waals surface area (Å²) in [4.78, 5) is 19.9. The first-order chi connectivity index (χ1) is 8.08. The number of amides is 1. The van der Waals surface area contributed by atoms with E-state index < -0.39 is 0 Å².